The quantitative estimate of drug-likeness (QED) is 0.645. The Morgan fingerprint density at radius 2 is 1.91 bits per heavy atom. The van der Waals surface area contributed by atoms with Crippen molar-refractivity contribution in [2.75, 3.05) is 0 Å². The molecule has 0 aliphatic heterocycles. The van der Waals surface area contributed by atoms with Crippen LogP contribution < -0.4 is 11.0 Å². The first-order valence-electron chi connectivity index (χ1n) is 6.31. The number of hydrogen-bond acceptors (Lipinski definition) is 4. The van der Waals surface area contributed by atoms with Crippen molar-refractivity contribution >= 4 is 18.1 Å². The van der Waals surface area contributed by atoms with Crippen LogP contribution in [0.5, 0.6) is 0 Å². The van der Waals surface area contributed by atoms with Crippen molar-refractivity contribution in [3.05, 3.63) is 69.6 Å². The number of hydrogen-bond donors (Lipinski definition) is 2. The van der Waals surface area contributed by atoms with Gasteiger partial charge in [-0.25, -0.2) is 10.2 Å². The lowest BCUT2D eigenvalue weighted by molar-refractivity contribution is 0.0696. The minimum Gasteiger partial charge on any atom is -0.478 e. The summed E-state index contributed by atoms with van der Waals surface area (Å²) in [6.07, 6.45) is 2.91. The second-order valence-corrected chi connectivity index (χ2v) is 4.46. The van der Waals surface area contributed by atoms with Crippen LogP contribution in [0.25, 0.3) is 0 Å². The summed E-state index contributed by atoms with van der Waals surface area (Å²) in [5.41, 5.74) is 2.61. The number of nitrogens with one attached hydrogen (secondary N) is 1. The van der Waals surface area contributed by atoms with Crippen molar-refractivity contribution in [1.29, 1.82) is 0 Å². The van der Waals surface area contributed by atoms with Gasteiger partial charge in [0.25, 0.3) is 11.5 Å². The maximum absolute atomic E-state index is 11.8. The number of aromatic nitrogens is 1. The molecule has 1 aromatic carbocycles. The minimum atomic E-state index is -1.02. The van der Waals surface area contributed by atoms with Crippen molar-refractivity contribution in [3.63, 3.8) is 0 Å². The zero-order valence-electron chi connectivity index (χ0n) is 11.7. The van der Waals surface area contributed by atoms with Gasteiger partial charge in [0.2, 0.25) is 0 Å². The number of carboxylic acid groups (broad SMARTS) is 1. The van der Waals surface area contributed by atoms with Crippen LogP contribution in [0.2, 0.25) is 0 Å². The summed E-state index contributed by atoms with van der Waals surface area (Å²) in [5.74, 6) is -1.63. The van der Waals surface area contributed by atoms with E-state index in [1.165, 1.54) is 29.0 Å². The lowest BCUT2D eigenvalue weighted by Gasteiger charge is -2.01. The molecule has 1 heterocycles. The molecular formula is C15H13N3O4. The predicted molar refractivity (Wildman–Crippen MR) is 80.1 cm³/mol. The Kier molecular flexibility index (Phi) is 4.47. The van der Waals surface area contributed by atoms with Crippen molar-refractivity contribution in [2.45, 2.75) is 0 Å². The largest absolute Gasteiger partial charge is 0.478 e. The Bertz CT molecular complexity index is 791. The van der Waals surface area contributed by atoms with E-state index in [9.17, 15) is 14.4 Å². The summed E-state index contributed by atoms with van der Waals surface area (Å²) in [5, 5.41) is 12.5. The van der Waals surface area contributed by atoms with E-state index in [1.54, 1.807) is 31.4 Å². The molecule has 0 aliphatic carbocycles. The van der Waals surface area contributed by atoms with Crippen LogP contribution in [0, 0.1) is 0 Å². The number of benzene rings is 1. The molecule has 2 rings (SSSR count). The highest BCUT2D eigenvalue weighted by Gasteiger charge is 2.09. The molecule has 1 amide bonds. The van der Waals surface area contributed by atoms with E-state index in [0.717, 1.165) is 0 Å². The SMILES string of the molecule is Cn1cccc(C(=O)N/N=C\c2ccc(C(=O)O)cc2)c1=O. The van der Waals surface area contributed by atoms with Gasteiger partial charge in [-0.15, -0.1) is 0 Å². The van der Waals surface area contributed by atoms with E-state index in [-0.39, 0.29) is 11.1 Å². The first kappa shape index (κ1) is 15.2. The third-order valence-corrected chi connectivity index (χ3v) is 2.91. The minimum absolute atomic E-state index is 0.0108. The van der Waals surface area contributed by atoms with Gasteiger partial charge >= 0.3 is 5.97 Å². The van der Waals surface area contributed by atoms with Gasteiger partial charge in [0.15, 0.2) is 0 Å². The normalized spacial score (nSPS) is 10.6. The average Bonchev–Trinajstić information content (AvgIpc) is 2.50. The van der Waals surface area contributed by atoms with E-state index < -0.39 is 17.4 Å². The molecule has 0 radical (unpaired) electrons. The third kappa shape index (κ3) is 3.45. The number of aryl methyl sites for hydroxylation is 1. The van der Waals surface area contributed by atoms with Gasteiger partial charge in [-0.05, 0) is 29.8 Å². The van der Waals surface area contributed by atoms with Crippen LogP contribution in [0.4, 0.5) is 0 Å². The summed E-state index contributed by atoms with van der Waals surface area (Å²) in [7, 11) is 1.55. The summed E-state index contributed by atoms with van der Waals surface area (Å²) in [6, 6.07) is 8.97. The molecule has 0 saturated heterocycles. The molecule has 0 bridgehead atoms. The summed E-state index contributed by atoms with van der Waals surface area (Å²) in [6.45, 7) is 0. The third-order valence-electron chi connectivity index (χ3n) is 2.91. The summed E-state index contributed by atoms with van der Waals surface area (Å²) in [4.78, 5) is 34.3. The topological polar surface area (TPSA) is 101 Å². The van der Waals surface area contributed by atoms with E-state index >= 15 is 0 Å². The number of amides is 1. The molecule has 0 aliphatic rings. The van der Waals surface area contributed by atoms with Crippen LogP contribution in [-0.4, -0.2) is 27.8 Å². The van der Waals surface area contributed by atoms with Crippen LogP contribution in [0.15, 0.2) is 52.5 Å². The fraction of sp³-hybridized carbons (Fsp3) is 0.0667. The molecule has 112 valence electrons. The smallest absolute Gasteiger partial charge is 0.335 e. The number of carboxylic acids is 1. The molecule has 1 aromatic heterocycles. The Hall–Kier alpha value is -3.22. The highest BCUT2D eigenvalue weighted by Crippen LogP contribution is 2.02. The highest BCUT2D eigenvalue weighted by atomic mass is 16.4. The number of carbonyl (C=O) groups is 2. The van der Waals surface area contributed by atoms with Gasteiger partial charge in [-0.3, -0.25) is 9.59 Å². The number of pyridine rings is 1. The van der Waals surface area contributed by atoms with Crippen LogP contribution in [0.1, 0.15) is 26.3 Å². The molecule has 7 nitrogen and oxygen atoms in total. The maximum atomic E-state index is 11.8. The van der Waals surface area contributed by atoms with Gasteiger partial charge in [-0.2, -0.15) is 5.10 Å². The van der Waals surface area contributed by atoms with Gasteiger partial charge < -0.3 is 9.67 Å². The Morgan fingerprint density at radius 1 is 1.23 bits per heavy atom. The Labute approximate surface area is 125 Å². The predicted octanol–water partition coefficient (Wildman–Crippen LogP) is 0.847. The monoisotopic (exact) mass is 299 g/mol. The molecule has 7 heteroatoms. The maximum Gasteiger partial charge on any atom is 0.335 e. The van der Waals surface area contributed by atoms with Gasteiger partial charge in [0.1, 0.15) is 5.56 Å². The van der Waals surface area contributed by atoms with Gasteiger partial charge in [0.05, 0.1) is 11.8 Å². The van der Waals surface area contributed by atoms with Crippen molar-refractivity contribution in [2.24, 2.45) is 12.1 Å². The lowest BCUT2D eigenvalue weighted by Crippen LogP contribution is -2.29. The zero-order valence-corrected chi connectivity index (χ0v) is 11.7. The van der Waals surface area contributed by atoms with Crippen molar-refractivity contribution in [3.8, 4) is 0 Å². The van der Waals surface area contributed by atoms with Crippen molar-refractivity contribution < 1.29 is 14.7 Å². The molecule has 0 saturated carbocycles. The molecule has 0 fully saturated rings. The zero-order chi connectivity index (χ0) is 16.1. The molecule has 2 aromatic rings. The van der Waals surface area contributed by atoms with Crippen LogP contribution in [0.3, 0.4) is 0 Å². The van der Waals surface area contributed by atoms with Gasteiger partial charge in [0, 0.05) is 13.2 Å². The number of carbonyl (C=O) groups excluding carboxylic acids is 1. The van der Waals surface area contributed by atoms with E-state index in [2.05, 4.69) is 10.5 Å². The number of hydrazone groups is 1. The lowest BCUT2D eigenvalue weighted by atomic mass is 10.1. The first-order chi connectivity index (χ1) is 10.5. The van der Waals surface area contributed by atoms with E-state index in [1.807, 2.05) is 0 Å². The Morgan fingerprint density at radius 3 is 2.55 bits per heavy atom. The molecular weight excluding hydrogens is 286 g/mol. The van der Waals surface area contributed by atoms with Crippen LogP contribution in [-0.2, 0) is 7.05 Å². The standard InChI is InChI=1S/C15H13N3O4/c1-18-8-2-3-12(14(18)20)13(19)17-16-9-10-4-6-11(7-5-10)15(21)22/h2-9H,1H3,(H,17,19)(H,21,22)/b16-9-. The fourth-order valence-electron chi connectivity index (χ4n) is 1.71. The molecule has 0 spiro atoms. The number of rotatable bonds is 4. The second kappa shape index (κ2) is 6.49. The fourth-order valence-corrected chi connectivity index (χ4v) is 1.71. The van der Waals surface area contributed by atoms with Crippen LogP contribution >= 0.6 is 0 Å². The summed E-state index contributed by atoms with van der Waals surface area (Å²) >= 11 is 0. The number of aromatic carboxylic acids is 1. The van der Waals surface area contributed by atoms with E-state index in [4.69, 9.17) is 5.11 Å². The number of nitrogens with zero attached hydrogens (tertiary/aromatic N) is 2. The van der Waals surface area contributed by atoms with E-state index in [0.29, 0.717) is 5.56 Å². The van der Waals surface area contributed by atoms with Crippen molar-refractivity contribution in [1.82, 2.24) is 9.99 Å². The molecule has 2 N–H and O–H groups in total. The highest BCUT2D eigenvalue weighted by molar-refractivity contribution is 5.94. The average molecular weight is 299 g/mol. The Balaban J connectivity index is 2.06. The second-order valence-electron chi connectivity index (χ2n) is 4.46. The molecule has 0 unspecified atom stereocenters. The van der Waals surface area contributed by atoms with Gasteiger partial charge in [-0.1, -0.05) is 12.1 Å². The molecule has 0 atom stereocenters. The summed E-state index contributed by atoms with van der Waals surface area (Å²) < 4.78 is 1.29. The molecule has 22 heavy (non-hydrogen) atoms. The first-order valence-corrected chi connectivity index (χ1v) is 6.31.